The lowest BCUT2D eigenvalue weighted by molar-refractivity contribution is 0.489. The Morgan fingerprint density at radius 3 is 2.00 bits per heavy atom. The van der Waals surface area contributed by atoms with Crippen LogP contribution in [-0.4, -0.2) is 13.5 Å². The molecule has 0 saturated heterocycles. The zero-order valence-corrected chi connectivity index (χ0v) is 6.25. The van der Waals surface area contributed by atoms with Gasteiger partial charge in [-0.3, -0.25) is 4.21 Å². The van der Waals surface area contributed by atoms with Crippen molar-refractivity contribution in [2.45, 2.75) is 31.9 Å². The minimum atomic E-state index is -1.93. The van der Waals surface area contributed by atoms with E-state index in [1.165, 1.54) is 0 Å². The molecule has 0 N–H and O–H groups in total. The van der Waals surface area contributed by atoms with Crippen LogP contribution in [0.4, 0.5) is 0 Å². The Morgan fingerprint density at radius 1 is 1.62 bits per heavy atom. The molecule has 0 aliphatic heterocycles. The molecule has 0 aromatic heterocycles. The topological polar surface area (TPSA) is 40.1 Å². The largest absolute Gasteiger partial charge is 0.772 e. The molecule has 0 aliphatic rings. The number of rotatable bonds is 2. The molecule has 0 radical (unpaired) electrons. The van der Waals surface area contributed by atoms with E-state index < -0.39 is 15.8 Å². The van der Waals surface area contributed by atoms with Crippen LogP contribution in [0.1, 0.15) is 27.2 Å². The highest BCUT2D eigenvalue weighted by atomic mass is 32.2. The van der Waals surface area contributed by atoms with Gasteiger partial charge in [0.1, 0.15) is 0 Å². The Balaban J connectivity index is 3.91. The van der Waals surface area contributed by atoms with Crippen molar-refractivity contribution < 1.29 is 8.76 Å². The summed E-state index contributed by atoms with van der Waals surface area (Å²) in [5.41, 5.74) is 0. The van der Waals surface area contributed by atoms with Gasteiger partial charge < -0.3 is 4.55 Å². The molecule has 0 aromatic carbocycles. The summed E-state index contributed by atoms with van der Waals surface area (Å²) in [4.78, 5) is 0. The van der Waals surface area contributed by atoms with Gasteiger partial charge in [0.15, 0.2) is 0 Å². The van der Waals surface area contributed by atoms with Crippen LogP contribution in [0.3, 0.4) is 0 Å². The Bertz CT molecular complexity index is 98.6. The van der Waals surface area contributed by atoms with Gasteiger partial charge >= 0.3 is 0 Å². The fourth-order valence-corrected chi connectivity index (χ4v) is 0.354. The van der Waals surface area contributed by atoms with Crippen LogP contribution >= 0.6 is 0 Å². The fraction of sp³-hybridized carbons (Fsp3) is 1.00. The molecule has 1 unspecified atom stereocenters. The number of hydrogen-bond donors (Lipinski definition) is 0. The SMILES string of the molecule is CCC(C)(C)S(=O)[O-]. The van der Waals surface area contributed by atoms with E-state index in [1.807, 2.05) is 6.92 Å². The van der Waals surface area contributed by atoms with Gasteiger partial charge in [0.05, 0.1) is 0 Å². The summed E-state index contributed by atoms with van der Waals surface area (Å²) in [5, 5.41) is 0. The summed E-state index contributed by atoms with van der Waals surface area (Å²) in [6.45, 7) is 5.27. The maximum Gasteiger partial charge on any atom is 0.0268 e. The minimum absolute atomic E-state index is 0.542. The van der Waals surface area contributed by atoms with E-state index in [0.717, 1.165) is 0 Å². The van der Waals surface area contributed by atoms with Crippen LogP contribution in [0.5, 0.6) is 0 Å². The lowest BCUT2D eigenvalue weighted by Gasteiger charge is -2.25. The van der Waals surface area contributed by atoms with Crippen LogP contribution in [0.2, 0.25) is 0 Å². The second-order valence-electron chi connectivity index (χ2n) is 2.35. The summed E-state index contributed by atoms with van der Waals surface area (Å²) in [7, 11) is 0. The Kier molecular flexibility index (Phi) is 2.63. The van der Waals surface area contributed by atoms with E-state index in [9.17, 15) is 8.76 Å². The van der Waals surface area contributed by atoms with Gasteiger partial charge in [0.25, 0.3) is 0 Å². The molecule has 0 aliphatic carbocycles. The average molecular weight is 135 g/mol. The van der Waals surface area contributed by atoms with Crippen molar-refractivity contribution in [1.29, 1.82) is 0 Å². The molecule has 8 heavy (non-hydrogen) atoms. The smallest absolute Gasteiger partial charge is 0.0268 e. The van der Waals surface area contributed by atoms with Gasteiger partial charge in [0, 0.05) is 4.75 Å². The van der Waals surface area contributed by atoms with E-state index in [-0.39, 0.29) is 0 Å². The molecular weight excluding hydrogens is 124 g/mol. The van der Waals surface area contributed by atoms with E-state index >= 15 is 0 Å². The van der Waals surface area contributed by atoms with Crippen molar-refractivity contribution in [2.75, 3.05) is 0 Å². The second-order valence-corrected chi connectivity index (χ2v) is 3.92. The first kappa shape index (κ1) is 8.11. The predicted molar refractivity (Wildman–Crippen MR) is 33.3 cm³/mol. The zero-order valence-electron chi connectivity index (χ0n) is 5.43. The lowest BCUT2D eigenvalue weighted by Crippen LogP contribution is -2.24. The normalized spacial score (nSPS) is 16.0. The van der Waals surface area contributed by atoms with E-state index in [4.69, 9.17) is 0 Å². The third kappa shape index (κ3) is 1.92. The van der Waals surface area contributed by atoms with Crippen LogP contribution in [-0.2, 0) is 11.1 Å². The van der Waals surface area contributed by atoms with Crippen molar-refractivity contribution in [1.82, 2.24) is 0 Å². The van der Waals surface area contributed by atoms with E-state index in [1.54, 1.807) is 13.8 Å². The molecule has 0 amide bonds. The van der Waals surface area contributed by atoms with Crippen LogP contribution in [0.15, 0.2) is 0 Å². The standard InChI is InChI=1S/C5H12O2S/c1-4-5(2,3)8(6)7/h4H2,1-3H3,(H,6,7)/p-1. The average Bonchev–Trinajstić information content (AvgIpc) is 1.67. The first-order chi connectivity index (χ1) is 3.50. The Morgan fingerprint density at radius 2 is 2.00 bits per heavy atom. The van der Waals surface area contributed by atoms with Crippen molar-refractivity contribution in [2.24, 2.45) is 0 Å². The molecule has 0 fully saturated rings. The summed E-state index contributed by atoms with van der Waals surface area (Å²) < 4.78 is 20.0. The summed E-state index contributed by atoms with van der Waals surface area (Å²) in [6, 6.07) is 0. The van der Waals surface area contributed by atoms with Crippen molar-refractivity contribution >= 4 is 11.1 Å². The molecule has 0 bridgehead atoms. The van der Waals surface area contributed by atoms with Crippen LogP contribution in [0, 0.1) is 0 Å². The quantitative estimate of drug-likeness (QED) is 0.531. The highest BCUT2D eigenvalue weighted by Gasteiger charge is 2.14. The molecule has 2 nitrogen and oxygen atoms in total. The van der Waals surface area contributed by atoms with Crippen molar-refractivity contribution in [3.05, 3.63) is 0 Å². The first-order valence-electron chi connectivity index (χ1n) is 2.60. The van der Waals surface area contributed by atoms with Gasteiger partial charge in [-0.15, -0.1) is 0 Å². The van der Waals surface area contributed by atoms with Gasteiger partial charge in [-0.05, 0) is 31.3 Å². The predicted octanol–water partition coefficient (Wildman–Crippen LogP) is 1.05. The second kappa shape index (κ2) is 2.60. The van der Waals surface area contributed by atoms with Crippen LogP contribution < -0.4 is 0 Å². The number of hydrogen-bond acceptors (Lipinski definition) is 2. The molecule has 0 spiro atoms. The van der Waals surface area contributed by atoms with E-state index in [0.29, 0.717) is 6.42 Å². The maximum absolute atomic E-state index is 10.3. The maximum atomic E-state index is 10.3. The van der Waals surface area contributed by atoms with Gasteiger partial charge in [-0.2, -0.15) is 0 Å². The first-order valence-corrected chi connectivity index (χ1v) is 3.67. The minimum Gasteiger partial charge on any atom is -0.772 e. The third-order valence-electron chi connectivity index (χ3n) is 1.30. The van der Waals surface area contributed by atoms with E-state index in [2.05, 4.69) is 0 Å². The third-order valence-corrected chi connectivity index (χ3v) is 2.49. The highest BCUT2D eigenvalue weighted by molar-refractivity contribution is 7.80. The van der Waals surface area contributed by atoms with Crippen molar-refractivity contribution in [3.8, 4) is 0 Å². The molecule has 1 atom stereocenters. The Hall–Kier alpha value is 0.110. The van der Waals surface area contributed by atoms with Crippen LogP contribution in [0.25, 0.3) is 0 Å². The highest BCUT2D eigenvalue weighted by Crippen LogP contribution is 2.13. The monoisotopic (exact) mass is 135 g/mol. The molecule has 50 valence electrons. The molecule has 0 saturated carbocycles. The summed E-state index contributed by atoms with van der Waals surface area (Å²) in [6.07, 6.45) is 0.670. The molecular formula is C5H11O2S-. The fourth-order valence-electron chi connectivity index (χ4n) is 0.118. The van der Waals surface area contributed by atoms with Gasteiger partial charge in [-0.1, -0.05) is 6.92 Å². The summed E-state index contributed by atoms with van der Waals surface area (Å²) in [5.74, 6) is 0. The van der Waals surface area contributed by atoms with Gasteiger partial charge in [0.2, 0.25) is 0 Å². The molecule has 0 aromatic rings. The molecule has 3 heteroatoms. The summed E-state index contributed by atoms with van der Waals surface area (Å²) >= 11 is -1.93. The van der Waals surface area contributed by atoms with Crippen molar-refractivity contribution in [3.63, 3.8) is 0 Å². The molecule has 0 rings (SSSR count). The molecule has 0 heterocycles. The van der Waals surface area contributed by atoms with Gasteiger partial charge in [-0.25, -0.2) is 0 Å². The zero-order chi connectivity index (χ0) is 6.78. The Labute approximate surface area is 52.6 Å². The lowest BCUT2D eigenvalue weighted by atomic mass is 10.1.